The minimum Gasteiger partial charge on any atom is -0.376 e. The summed E-state index contributed by atoms with van der Waals surface area (Å²) >= 11 is 1.80. The lowest BCUT2D eigenvalue weighted by atomic mass is 10.1. The van der Waals surface area contributed by atoms with Crippen molar-refractivity contribution < 1.29 is 9.53 Å². The number of anilines is 1. The van der Waals surface area contributed by atoms with Gasteiger partial charge in [0, 0.05) is 46.4 Å². The van der Waals surface area contributed by atoms with Crippen LogP contribution in [0.1, 0.15) is 32.1 Å². The molecule has 2 aliphatic rings. The average Bonchev–Trinajstić information content (AvgIpc) is 3.26. The van der Waals surface area contributed by atoms with Crippen LogP contribution in [0.5, 0.6) is 0 Å². The molecular weight excluding hydrogens is 501 g/mol. The van der Waals surface area contributed by atoms with Crippen molar-refractivity contribution in [2.75, 3.05) is 51.8 Å². The van der Waals surface area contributed by atoms with Crippen molar-refractivity contribution in [2.45, 2.75) is 44.2 Å². The fourth-order valence-electron chi connectivity index (χ4n) is 3.51. The van der Waals surface area contributed by atoms with Crippen LogP contribution in [-0.2, 0) is 9.53 Å². The Balaban J connectivity index is 0.00000300. The Morgan fingerprint density at radius 3 is 2.72 bits per heavy atom. The number of rotatable bonds is 6. The quantitative estimate of drug-likeness (QED) is 0.333. The molecular formula is C20H34IN5O2S. The predicted octanol–water partition coefficient (Wildman–Crippen LogP) is 2.53. The molecule has 2 fully saturated rings. The van der Waals surface area contributed by atoms with Crippen LogP contribution in [-0.4, -0.2) is 75.8 Å². The standard InChI is InChI=1S/C20H33N5O2S.HI/c1-24(2)18(26)15-22-20(21-14-17-6-3-4-12-27-17)23-16-8-10-25(11-9-16)19-7-5-13-28-19;/h5,7,13,16-17H,3-4,6,8-12,14-15H2,1-2H3,(H2,21,22,23);1H. The molecule has 0 spiro atoms. The van der Waals surface area contributed by atoms with Crippen molar-refractivity contribution in [3.63, 3.8) is 0 Å². The summed E-state index contributed by atoms with van der Waals surface area (Å²) < 4.78 is 5.81. The third-order valence-corrected chi connectivity index (χ3v) is 6.23. The van der Waals surface area contributed by atoms with Gasteiger partial charge in [-0.05, 0) is 49.6 Å². The molecule has 164 valence electrons. The van der Waals surface area contributed by atoms with E-state index in [4.69, 9.17) is 4.74 Å². The molecule has 1 aromatic heterocycles. The maximum absolute atomic E-state index is 12.0. The van der Waals surface area contributed by atoms with E-state index in [2.05, 4.69) is 38.0 Å². The number of aliphatic imine (C=N–C) groups is 1. The lowest BCUT2D eigenvalue weighted by Crippen LogP contribution is -2.50. The van der Waals surface area contributed by atoms with Gasteiger partial charge in [0.25, 0.3) is 0 Å². The number of guanidine groups is 1. The van der Waals surface area contributed by atoms with Gasteiger partial charge in [0.15, 0.2) is 5.96 Å². The van der Waals surface area contributed by atoms with Gasteiger partial charge in [-0.3, -0.25) is 4.79 Å². The number of nitrogens with one attached hydrogen (secondary N) is 2. The zero-order chi connectivity index (χ0) is 19.8. The number of halogens is 1. The van der Waals surface area contributed by atoms with E-state index in [1.54, 1.807) is 30.3 Å². The van der Waals surface area contributed by atoms with Crippen molar-refractivity contribution in [2.24, 2.45) is 4.99 Å². The van der Waals surface area contributed by atoms with Crippen LogP contribution in [0.3, 0.4) is 0 Å². The van der Waals surface area contributed by atoms with Gasteiger partial charge in [0.1, 0.15) is 6.54 Å². The summed E-state index contributed by atoms with van der Waals surface area (Å²) in [4.78, 5) is 20.5. The molecule has 0 aliphatic carbocycles. The first kappa shape index (κ1) is 24.2. The maximum Gasteiger partial charge on any atom is 0.243 e. The zero-order valence-corrected chi connectivity index (χ0v) is 20.6. The highest BCUT2D eigenvalue weighted by molar-refractivity contribution is 14.0. The average molecular weight is 535 g/mol. The number of likely N-dealkylation sites (N-methyl/N-ethyl adjacent to an activating group) is 1. The summed E-state index contributed by atoms with van der Waals surface area (Å²) in [7, 11) is 3.52. The Bertz CT molecular complexity index is 627. The fraction of sp³-hybridized carbons (Fsp3) is 0.700. The van der Waals surface area contributed by atoms with E-state index >= 15 is 0 Å². The first-order valence-corrected chi connectivity index (χ1v) is 11.1. The Morgan fingerprint density at radius 1 is 1.31 bits per heavy atom. The third-order valence-electron chi connectivity index (χ3n) is 5.30. The number of hydrogen-bond acceptors (Lipinski definition) is 5. The molecule has 2 aliphatic heterocycles. The maximum atomic E-state index is 12.0. The van der Waals surface area contributed by atoms with Crippen molar-refractivity contribution in [3.05, 3.63) is 17.5 Å². The van der Waals surface area contributed by atoms with Crippen molar-refractivity contribution in [3.8, 4) is 0 Å². The molecule has 0 aromatic carbocycles. The Labute approximate surface area is 195 Å². The van der Waals surface area contributed by atoms with Gasteiger partial charge in [-0.1, -0.05) is 0 Å². The van der Waals surface area contributed by atoms with E-state index in [1.165, 1.54) is 11.4 Å². The molecule has 2 N–H and O–H groups in total. The predicted molar refractivity (Wildman–Crippen MR) is 131 cm³/mol. The van der Waals surface area contributed by atoms with Gasteiger partial charge in [0.2, 0.25) is 5.91 Å². The third kappa shape index (κ3) is 7.93. The second-order valence-corrected chi connectivity index (χ2v) is 8.61. The zero-order valence-electron chi connectivity index (χ0n) is 17.4. The summed E-state index contributed by atoms with van der Waals surface area (Å²) in [6.07, 6.45) is 5.78. The SMILES string of the molecule is CN(C)C(=O)CN=C(NCC1CCCCO1)NC1CCN(c2cccs2)CC1.I. The number of hydrogen-bond donors (Lipinski definition) is 2. The second kappa shape index (κ2) is 12.6. The largest absolute Gasteiger partial charge is 0.376 e. The number of amides is 1. The van der Waals surface area contributed by atoms with Crippen LogP contribution in [0.4, 0.5) is 5.00 Å². The van der Waals surface area contributed by atoms with Gasteiger partial charge in [-0.25, -0.2) is 4.99 Å². The number of carbonyl (C=O) groups is 1. The smallest absolute Gasteiger partial charge is 0.243 e. The van der Waals surface area contributed by atoms with E-state index in [0.29, 0.717) is 6.04 Å². The van der Waals surface area contributed by atoms with Crippen molar-refractivity contribution >= 4 is 52.2 Å². The molecule has 3 rings (SSSR count). The minimum absolute atomic E-state index is 0. The normalized spacial score (nSPS) is 20.7. The number of nitrogens with zero attached hydrogens (tertiary/aromatic N) is 3. The van der Waals surface area contributed by atoms with Crippen LogP contribution < -0.4 is 15.5 Å². The summed E-state index contributed by atoms with van der Waals surface area (Å²) in [5.74, 6) is 0.724. The van der Waals surface area contributed by atoms with Gasteiger partial charge in [-0.2, -0.15) is 0 Å². The molecule has 0 bridgehead atoms. The van der Waals surface area contributed by atoms with Crippen LogP contribution in [0.2, 0.25) is 0 Å². The highest BCUT2D eigenvalue weighted by Crippen LogP contribution is 2.24. The van der Waals surface area contributed by atoms with E-state index < -0.39 is 0 Å². The van der Waals surface area contributed by atoms with E-state index in [1.807, 2.05) is 0 Å². The second-order valence-electron chi connectivity index (χ2n) is 7.68. The molecule has 3 heterocycles. The summed E-state index contributed by atoms with van der Waals surface area (Å²) in [6, 6.07) is 4.65. The number of carbonyl (C=O) groups excluding carboxylic acids is 1. The van der Waals surface area contributed by atoms with Crippen molar-refractivity contribution in [1.82, 2.24) is 15.5 Å². The van der Waals surface area contributed by atoms with Crippen molar-refractivity contribution in [1.29, 1.82) is 0 Å². The van der Waals surface area contributed by atoms with E-state index in [0.717, 1.165) is 57.9 Å². The number of thiophene rings is 1. The summed E-state index contributed by atoms with van der Waals surface area (Å²) in [6.45, 7) is 3.80. The van der Waals surface area contributed by atoms with Gasteiger partial charge >= 0.3 is 0 Å². The monoisotopic (exact) mass is 535 g/mol. The van der Waals surface area contributed by atoms with E-state index in [9.17, 15) is 4.79 Å². The molecule has 7 nitrogen and oxygen atoms in total. The van der Waals surface area contributed by atoms with Gasteiger partial charge < -0.3 is 25.2 Å². The number of ether oxygens (including phenoxy) is 1. The molecule has 1 aromatic rings. The fourth-order valence-corrected chi connectivity index (χ4v) is 4.29. The van der Waals surface area contributed by atoms with Crippen LogP contribution in [0.25, 0.3) is 0 Å². The highest BCUT2D eigenvalue weighted by Gasteiger charge is 2.21. The molecule has 1 unspecified atom stereocenters. The summed E-state index contributed by atoms with van der Waals surface area (Å²) in [5.41, 5.74) is 0. The first-order valence-electron chi connectivity index (χ1n) is 10.3. The molecule has 2 saturated heterocycles. The summed E-state index contributed by atoms with van der Waals surface area (Å²) in [5, 5.41) is 10.4. The number of piperidine rings is 1. The topological polar surface area (TPSA) is 69.2 Å². The lowest BCUT2D eigenvalue weighted by molar-refractivity contribution is -0.127. The molecule has 29 heavy (non-hydrogen) atoms. The minimum atomic E-state index is 0. The van der Waals surface area contributed by atoms with Gasteiger partial charge in [-0.15, -0.1) is 35.3 Å². The Morgan fingerprint density at radius 2 is 2.10 bits per heavy atom. The Kier molecular flexibility index (Phi) is 10.5. The molecule has 0 saturated carbocycles. The lowest BCUT2D eigenvalue weighted by Gasteiger charge is -2.34. The van der Waals surface area contributed by atoms with E-state index in [-0.39, 0.29) is 42.5 Å². The van der Waals surface area contributed by atoms with Crippen LogP contribution in [0, 0.1) is 0 Å². The molecule has 1 amide bonds. The highest BCUT2D eigenvalue weighted by atomic mass is 127. The molecule has 9 heteroatoms. The molecule has 0 radical (unpaired) electrons. The molecule has 1 atom stereocenters. The first-order chi connectivity index (χ1) is 13.6. The Hall–Kier alpha value is -1.07. The van der Waals surface area contributed by atoms with Gasteiger partial charge in [0.05, 0.1) is 11.1 Å². The van der Waals surface area contributed by atoms with Crippen LogP contribution >= 0.6 is 35.3 Å². The van der Waals surface area contributed by atoms with Crippen LogP contribution in [0.15, 0.2) is 22.5 Å².